The summed E-state index contributed by atoms with van der Waals surface area (Å²) in [5.74, 6) is 1.62. The Morgan fingerprint density at radius 3 is 1.47 bits per heavy atom. The van der Waals surface area contributed by atoms with Gasteiger partial charge in [-0.1, -0.05) is 194 Å². The first-order chi connectivity index (χ1) is 37.7. The highest BCUT2D eigenvalue weighted by Gasteiger charge is 2.24. The van der Waals surface area contributed by atoms with Crippen molar-refractivity contribution < 1.29 is 13.3 Å². The molecule has 7 nitrogen and oxygen atoms in total. The van der Waals surface area contributed by atoms with Crippen molar-refractivity contribution >= 4 is 87.6 Å². The number of aromatic nitrogens is 4. The van der Waals surface area contributed by atoms with Crippen molar-refractivity contribution in [3.8, 4) is 73.2 Å². The zero-order valence-electron chi connectivity index (χ0n) is 40.6. The Balaban J connectivity index is 0.922. The second-order valence-corrected chi connectivity index (χ2v) is 19.4. The Labute approximate surface area is 434 Å². The van der Waals surface area contributed by atoms with Crippen LogP contribution in [0.5, 0.6) is 0 Å². The first kappa shape index (κ1) is 42.2. The SMILES string of the molecule is c1ccc(-c2cc(-c3cccc4c3oc3c(-c5cccc6c5oc5ccccc56)cccc34)cc(-c3cccc4c5ccccc5n(-c5nc(-c6ccccc6)nc(-c6ccc7c(c6)oc6ccccc67)n5)c34)c2)cc1. The van der Waals surface area contributed by atoms with Crippen LogP contribution < -0.4 is 0 Å². The van der Waals surface area contributed by atoms with Crippen LogP contribution in [0.25, 0.3) is 161 Å². The second kappa shape index (κ2) is 16.6. The van der Waals surface area contributed by atoms with E-state index >= 15 is 0 Å². The third-order valence-electron chi connectivity index (χ3n) is 15.1. The van der Waals surface area contributed by atoms with Gasteiger partial charge in [0.15, 0.2) is 11.6 Å². The molecular formula is C69H40N4O3. The van der Waals surface area contributed by atoms with Crippen LogP contribution in [0.15, 0.2) is 256 Å². The molecule has 0 atom stereocenters. The molecule has 0 unspecified atom stereocenters. The summed E-state index contributed by atoms with van der Waals surface area (Å²) < 4.78 is 22.4. The molecule has 0 aliphatic heterocycles. The van der Waals surface area contributed by atoms with E-state index in [9.17, 15) is 0 Å². The molecule has 0 saturated carbocycles. The van der Waals surface area contributed by atoms with Crippen molar-refractivity contribution in [3.63, 3.8) is 0 Å². The van der Waals surface area contributed by atoms with Crippen LogP contribution in [-0.4, -0.2) is 19.5 Å². The van der Waals surface area contributed by atoms with Crippen LogP contribution >= 0.6 is 0 Å². The average Bonchev–Trinajstić information content (AvgIpc) is 4.28. The fourth-order valence-electron chi connectivity index (χ4n) is 11.6. The molecule has 0 radical (unpaired) electrons. The number of benzene rings is 11. The van der Waals surface area contributed by atoms with Gasteiger partial charge in [-0.15, -0.1) is 0 Å². The van der Waals surface area contributed by atoms with Gasteiger partial charge in [-0.3, -0.25) is 4.57 Å². The summed E-state index contributed by atoms with van der Waals surface area (Å²) in [6, 6.07) is 84.6. The van der Waals surface area contributed by atoms with Crippen LogP contribution in [0.4, 0.5) is 0 Å². The number of hydrogen-bond donors (Lipinski definition) is 0. The number of fused-ring (bicyclic) bond motifs is 12. The quantitative estimate of drug-likeness (QED) is 0.158. The minimum absolute atomic E-state index is 0.507. The molecule has 16 rings (SSSR count). The van der Waals surface area contributed by atoms with Gasteiger partial charge in [-0.25, -0.2) is 4.98 Å². The van der Waals surface area contributed by atoms with E-state index in [1.807, 2.05) is 66.7 Å². The first-order valence-electron chi connectivity index (χ1n) is 25.5. The Kier molecular flexibility index (Phi) is 9.20. The number of nitrogens with zero attached hydrogens (tertiary/aromatic N) is 4. The van der Waals surface area contributed by atoms with E-state index in [4.69, 9.17) is 28.2 Å². The first-order valence-corrected chi connectivity index (χ1v) is 25.5. The Bertz CT molecular complexity index is 5010. The summed E-state index contributed by atoms with van der Waals surface area (Å²) in [5.41, 5.74) is 16.8. The molecule has 0 fully saturated rings. The molecule has 0 aliphatic carbocycles. The maximum Gasteiger partial charge on any atom is 0.238 e. The lowest BCUT2D eigenvalue weighted by Gasteiger charge is -2.15. The molecule has 0 amide bonds. The van der Waals surface area contributed by atoms with Crippen LogP contribution in [-0.2, 0) is 0 Å². The van der Waals surface area contributed by atoms with Gasteiger partial charge < -0.3 is 13.3 Å². The molecule has 0 aliphatic rings. The second-order valence-electron chi connectivity index (χ2n) is 19.4. The van der Waals surface area contributed by atoms with Crippen LogP contribution in [0.1, 0.15) is 0 Å². The van der Waals surface area contributed by atoms with Crippen molar-refractivity contribution in [2.24, 2.45) is 0 Å². The zero-order valence-corrected chi connectivity index (χ0v) is 40.6. The highest BCUT2D eigenvalue weighted by atomic mass is 16.3. The molecule has 0 spiro atoms. The van der Waals surface area contributed by atoms with Crippen molar-refractivity contribution in [1.29, 1.82) is 0 Å². The van der Waals surface area contributed by atoms with E-state index in [1.54, 1.807) is 0 Å². The van der Waals surface area contributed by atoms with Gasteiger partial charge in [0.05, 0.1) is 11.0 Å². The summed E-state index contributed by atoms with van der Waals surface area (Å²) in [6.45, 7) is 0. The van der Waals surface area contributed by atoms with Crippen LogP contribution in [0.2, 0.25) is 0 Å². The lowest BCUT2D eigenvalue weighted by atomic mass is 9.92. The van der Waals surface area contributed by atoms with Gasteiger partial charge in [0.1, 0.15) is 33.5 Å². The van der Waals surface area contributed by atoms with E-state index in [0.717, 1.165) is 143 Å². The monoisotopic (exact) mass is 972 g/mol. The molecule has 7 heteroatoms. The molecule has 0 N–H and O–H groups in total. The number of rotatable bonds is 7. The van der Waals surface area contributed by atoms with Crippen molar-refractivity contribution in [3.05, 3.63) is 243 Å². The lowest BCUT2D eigenvalue weighted by Crippen LogP contribution is -2.07. The largest absolute Gasteiger partial charge is 0.456 e. The van der Waals surface area contributed by atoms with Gasteiger partial charge in [-0.05, 0) is 70.8 Å². The van der Waals surface area contributed by atoms with E-state index in [2.05, 4.69) is 180 Å². The number of para-hydroxylation sites is 7. The molecular weight excluding hydrogens is 933 g/mol. The lowest BCUT2D eigenvalue weighted by molar-refractivity contribution is 0.665. The zero-order chi connectivity index (χ0) is 49.8. The van der Waals surface area contributed by atoms with Gasteiger partial charge in [-0.2, -0.15) is 9.97 Å². The minimum Gasteiger partial charge on any atom is -0.456 e. The molecule has 76 heavy (non-hydrogen) atoms. The summed E-state index contributed by atoms with van der Waals surface area (Å²) >= 11 is 0. The van der Waals surface area contributed by atoms with E-state index in [1.165, 1.54) is 0 Å². The van der Waals surface area contributed by atoms with Gasteiger partial charge in [0.25, 0.3) is 0 Å². The Hall–Kier alpha value is -10.4. The summed E-state index contributed by atoms with van der Waals surface area (Å²) in [6.07, 6.45) is 0. The smallest absolute Gasteiger partial charge is 0.238 e. The normalized spacial score (nSPS) is 11.9. The average molecular weight is 973 g/mol. The minimum atomic E-state index is 0.507. The number of furan rings is 3. The fraction of sp³-hybridized carbons (Fsp3) is 0. The van der Waals surface area contributed by atoms with Gasteiger partial charge in [0, 0.05) is 76.5 Å². The Morgan fingerprint density at radius 1 is 0.263 bits per heavy atom. The fourth-order valence-corrected chi connectivity index (χ4v) is 11.6. The van der Waals surface area contributed by atoms with Crippen LogP contribution in [0.3, 0.4) is 0 Å². The molecule has 5 heterocycles. The Morgan fingerprint density at radius 2 is 0.750 bits per heavy atom. The van der Waals surface area contributed by atoms with Gasteiger partial charge >= 0.3 is 0 Å². The summed E-state index contributed by atoms with van der Waals surface area (Å²) in [4.78, 5) is 15.9. The molecule has 16 aromatic rings. The van der Waals surface area contributed by atoms with Crippen molar-refractivity contribution in [2.45, 2.75) is 0 Å². The maximum absolute atomic E-state index is 7.18. The third-order valence-corrected chi connectivity index (χ3v) is 15.1. The molecule has 354 valence electrons. The van der Waals surface area contributed by atoms with Crippen molar-refractivity contribution in [2.75, 3.05) is 0 Å². The standard InChI is InChI=1S/C69H40N4O3/c1-3-17-41(18-4-1)44-37-45(39-46(38-44)48-25-14-28-55-57-30-16-31-58(66(57)76-64(48)55)56-29-15-27-54-51-23-9-12-34-61(51)75-65(54)56)47-24-13-26-53-49-21-7-10-32-59(49)73(63(47)53)69-71-67(42-19-5-2-6-20-42)70-68(72-69)43-35-36-52-50-22-8-11-33-60(50)74-62(52)40-43/h1-40H. The van der Waals surface area contributed by atoms with E-state index in [-0.39, 0.29) is 0 Å². The number of hydrogen-bond acceptors (Lipinski definition) is 6. The summed E-state index contributed by atoms with van der Waals surface area (Å²) in [5, 5.41) is 8.54. The van der Waals surface area contributed by atoms with Crippen molar-refractivity contribution in [1.82, 2.24) is 19.5 Å². The van der Waals surface area contributed by atoms with E-state index in [0.29, 0.717) is 17.6 Å². The molecule has 11 aromatic carbocycles. The van der Waals surface area contributed by atoms with Crippen LogP contribution in [0, 0.1) is 0 Å². The topological polar surface area (TPSA) is 83.0 Å². The summed E-state index contributed by atoms with van der Waals surface area (Å²) in [7, 11) is 0. The molecule has 0 saturated heterocycles. The highest BCUT2D eigenvalue weighted by molar-refractivity contribution is 6.18. The maximum atomic E-state index is 7.18. The predicted octanol–water partition coefficient (Wildman–Crippen LogP) is 18.7. The van der Waals surface area contributed by atoms with Gasteiger partial charge in [0.2, 0.25) is 5.95 Å². The molecule has 5 aromatic heterocycles. The third kappa shape index (κ3) is 6.52. The highest BCUT2D eigenvalue weighted by Crippen LogP contribution is 2.46. The van der Waals surface area contributed by atoms with E-state index < -0.39 is 0 Å². The molecule has 0 bridgehead atoms. The predicted molar refractivity (Wildman–Crippen MR) is 309 cm³/mol.